The van der Waals surface area contributed by atoms with Gasteiger partial charge in [0.25, 0.3) is 0 Å². The highest BCUT2D eigenvalue weighted by Gasteiger charge is 2.30. The van der Waals surface area contributed by atoms with Crippen molar-refractivity contribution in [3.8, 4) is 0 Å². The summed E-state index contributed by atoms with van der Waals surface area (Å²) in [6.45, 7) is 8.05. The van der Waals surface area contributed by atoms with Crippen molar-refractivity contribution < 1.29 is 4.74 Å². The van der Waals surface area contributed by atoms with E-state index < -0.39 is 0 Å². The van der Waals surface area contributed by atoms with Crippen molar-refractivity contribution in [2.45, 2.75) is 90.3 Å². The molecule has 3 unspecified atom stereocenters. The number of hydrogen-bond acceptors (Lipinski definition) is 2. The van der Waals surface area contributed by atoms with Gasteiger partial charge < -0.3 is 10.1 Å². The van der Waals surface area contributed by atoms with Crippen LogP contribution in [0.3, 0.4) is 0 Å². The lowest BCUT2D eigenvalue weighted by atomic mass is 9.75. The van der Waals surface area contributed by atoms with Crippen LogP contribution in [-0.2, 0) is 4.74 Å². The Morgan fingerprint density at radius 1 is 1.22 bits per heavy atom. The molecule has 0 aromatic rings. The Hall–Kier alpha value is -0.0800. The maximum atomic E-state index is 5.84. The van der Waals surface area contributed by atoms with Gasteiger partial charge in [0.2, 0.25) is 0 Å². The molecular weight excluding hydrogens is 222 g/mol. The molecule has 0 aromatic carbocycles. The van der Waals surface area contributed by atoms with Gasteiger partial charge in [0.1, 0.15) is 0 Å². The molecule has 1 saturated heterocycles. The van der Waals surface area contributed by atoms with E-state index in [0.29, 0.717) is 17.6 Å². The van der Waals surface area contributed by atoms with Crippen LogP contribution in [0.4, 0.5) is 0 Å². The predicted molar refractivity (Wildman–Crippen MR) is 76.8 cm³/mol. The van der Waals surface area contributed by atoms with E-state index in [2.05, 4.69) is 26.1 Å². The Morgan fingerprint density at radius 2 is 2.06 bits per heavy atom. The van der Waals surface area contributed by atoms with Gasteiger partial charge in [-0.2, -0.15) is 0 Å². The molecule has 1 aliphatic heterocycles. The molecule has 1 N–H and O–H groups in total. The average Bonchev–Trinajstić information content (AvgIpc) is 2.28. The molecule has 2 fully saturated rings. The van der Waals surface area contributed by atoms with E-state index in [4.69, 9.17) is 4.74 Å². The highest BCUT2D eigenvalue weighted by atomic mass is 16.5. The zero-order valence-electron chi connectivity index (χ0n) is 12.5. The van der Waals surface area contributed by atoms with Crippen LogP contribution in [-0.4, -0.2) is 24.8 Å². The first-order chi connectivity index (χ1) is 8.59. The summed E-state index contributed by atoms with van der Waals surface area (Å²) in [5, 5.41) is 3.92. The number of ether oxygens (including phenoxy) is 1. The summed E-state index contributed by atoms with van der Waals surface area (Å²) in [4.78, 5) is 0. The quantitative estimate of drug-likeness (QED) is 0.820. The summed E-state index contributed by atoms with van der Waals surface area (Å²) in [6, 6.07) is 1.45. The summed E-state index contributed by atoms with van der Waals surface area (Å²) >= 11 is 0. The third-order valence-electron chi connectivity index (χ3n) is 4.65. The topological polar surface area (TPSA) is 21.3 Å². The average molecular weight is 253 g/mol. The van der Waals surface area contributed by atoms with Crippen molar-refractivity contribution in [3.05, 3.63) is 0 Å². The number of nitrogens with one attached hydrogen (secondary N) is 1. The fourth-order valence-corrected chi connectivity index (χ4v) is 3.73. The highest BCUT2D eigenvalue weighted by molar-refractivity contribution is 4.87. The van der Waals surface area contributed by atoms with Gasteiger partial charge in [0.05, 0.1) is 6.10 Å². The molecule has 2 nitrogen and oxygen atoms in total. The second-order valence-electron chi connectivity index (χ2n) is 7.13. The minimum Gasteiger partial charge on any atom is -0.378 e. The molecule has 0 aromatic heterocycles. The fraction of sp³-hybridized carbons (Fsp3) is 1.00. The van der Waals surface area contributed by atoms with E-state index >= 15 is 0 Å². The van der Waals surface area contributed by atoms with Crippen LogP contribution in [0.25, 0.3) is 0 Å². The third-order valence-corrected chi connectivity index (χ3v) is 4.65. The lowest BCUT2D eigenvalue weighted by Gasteiger charge is -2.39. The van der Waals surface area contributed by atoms with Crippen LogP contribution >= 0.6 is 0 Å². The van der Waals surface area contributed by atoms with Gasteiger partial charge in [-0.25, -0.2) is 0 Å². The fourth-order valence-electron chi connectivity index (χ4n) is 3.73. The molecule has 0 amide bonds. The molecule has 1 saturated carbocycles. The van der Waals surface area contributed by atoms with E-state index in [0.717, 1.165) is 12.6 Å². The molecule has 106 valence electrons. The summed E-state index contributed by atoms with van der Waals surface area (Å²) in [5.74, 6) is 0. The van der Waals surface area contributed by atoms with Gasteiger partial charge >= 0.3 is 0 Å². The molecule has 0 bridgehead atoms. The molecule has 3 atom stereocenters. The molecular formula is C16H31NO. The van der Waals surface area contributed by atoms with Crippen LogP contribution in [0.5, 0.6) is 0 Å². The van der Waals surface area contributed by atoms with Crippen LogP contribution < -0.4 is 5.32 Å². The van der Waals surface area contributed by atoms with Crippen LogP contribution in [0, 0.1) is 5.41 Å². The van der Waals surface area contributed by atoms with E-state index in [9.17, 15) is 0 Å². The Morgan fingerprint density at radius 3 is 2.78 bits per heavy atom. The van der Waals surface area contributed by atoms with Crippen LogP contribution in [0.15, 0.2) is 0 Å². The second-order valence-corrected chi connectivity index (χ2v) is 7.13. The summed E-state index contributed by atoms with van der Waals surface area (Å²) in [6.07, 6.45) is 10.9. The van der Waals surface area contributed by atoms with Gasteiger partial charge in [-0.1, -0.05) is 33.6 Å². The third kappa shape index (κ3) is 4.24. The zero-order chi connectivity index (χ0) is 13.0. The molecule has 2 heteroatoms. The van der Waals surface area contributed by atoms with Gasteiger partial charge in [-0.3, -0.25) is 0 Å². The smallest absolute Gasteiger partial charge is 0.0589 e. The van der Waals surface area contributed by atoms with Gasteiger partial charge in [0, 0.05) is 18.7 Å². The van der Waals surface area contributed by atoms with Crippen molar-refractivity contribution in [3.63, 3.8) is 0 Å². The minimum atomic E-state index is 0.512. The lowest BCUT2D eigenvalue weighted by Crippen LogP contribution is -2.46. The zero-order valence-corrected chi connectivity index (χ0v) is 12.5. The van der Waals surface area contributed by atoms with Gasteiger partial charge in [-0.15, -0.1) is 0 Å². The SMILES string of the molecule is CCCC1CC(NC2CCCC(C)(C)C2)CCO1. The number of rotatable bonds is 4. The van der Waals surface area contributed by atoms with Crippen molar-refractivity contribution in [1.29, 1.82) is 0 Å². The van der Waals surface area contributed by atoms with Gasteiger partial charge in [-0.05, 0) is 43.9 Å². The van der Waals surface area contributed by atoms with Crippen LogP contribution in [0.2, 0.25) is 0 Å². The Labute approximate surface area is 113 Å². The van der Waals surface area contributed by atoms with Gasteiger partial charge in [0.15, 0.2) is 0 Å². The number of hydrogen-bond donors (Lipinski definition) is 1. The van der Waals surface area contributed by atoms with Crippen molar-refractivity contribution in [1.82, 2.24) is 5.32 Å². The molecule has 1 aliphatic carbocycles. The first kappa shape index (κ1) is 14.3. The van der Waals surface area contributed by atoms with E-state index in [-0.39, 0.29) is 0 Å². The van der Waals surface area contributed by atoms with E-state index in [1.54, 1.807) is 0 Å². The van der Waals surface area contributed by atoms with Crippen LogP contribution in [0.1, 0.15) is 72.1 Å². The maximum absolute atomic E-state index is 5.84. The molecule has 0 spiro atoms. The summed E-state index contributed by atoms with van der Waals surface area (Å²) < 4.78 is 5.84. The Bertz CT molecular complexity index is 249. The Kier molecular flexibility index (Phi) is 5.08. The largest absolute Gasteiger partial charge is 0.378 e. The van der Waals surface area contributed by atoms with E-state index in [1.165, 1.54) is 51.4 Å². The standard InChI is InChI=1S/C16H31NO/c1-4-6-15-11-13(8-10-18-15)17-14-7-5-9-16(2,3)12-14/h13-15,17H,4-12H2,1-3H3. The minimum absolute atomic E-state index is 0.512. The summed E-state index contributed by atoms with van der Waals surface area (Å²) in [5.41, 5.74) is 0.546. The molecule has 2 rings (SSSR count). The predicted octanol–water partition coefficient (Wildman–Crippen LogP) is 3.89. The molecule has 1 heterocycles. The highest BCUT2D eigenvalue weighted by Crippen LogP contribution is 2.35. The molecule has 18 heavy (non-hydrogen) atoms. The monoisotopic (exact) mass is 253 g/mol. The Balaban J connectivity index is 1.78. The molecule has 0 radical (unpaired) electrons. The first-order valence-electron chi connectivity index (χ1n) is 7.97. The second kappa shape index (κ2) is 6.38. The van der Waals surface area contributed by atoms with Crippen molar-refractivity contribution in [2.24, 2.45) is 5.41 Å². The van der Waals surface area contributed by atoms with Crippen molar-refractivity contribution in [2.75, 3.05) is 6.61 Å². The lowest BCUT2D eigenvalue weighted by molar-refractivity contribution is -0.00708. The normalized spacial score (nSPS) is 36.5. The summed E-state index contributed by atoms with van der Waals surface area (Å²) in [7, 11) is 0. The van der Waals surface area contributed by atoms with Crippen molar-refractivity contribution >= 4 is 0 Å². The first-order valence-corrected chi connectivity index (χ1v) is 7.97. The van der Waals surface area contributed by atoms with E-state index in [1.807, 2.05) is 0 Å². The maximum Gasteiger partial charge on any atom is 0.0589 e. The molecule has 2 aliphatic rings.